The summed E-state index contributed by atoms with van der Waals surface area (Å²) in [6, 6.07) is 6.98. The molecule has 2 aromatic rings. The van der Waals surface area contributed by atoms with E-state index in [9.17, 15) is 23.7 Å². The summed E-state index contributed by atoms with van der Waals surface area (Å²) < 4.78 is 41.4. The monoisotopic (exact) mass is 708 g/mol. The first-order valence-electron chi connectivity index (χ1n) is 13.3. The number of nitrogens with one attached hydrogen (secondary N) is 2. The first-order valence-corrected chi connectivity index (χ1v) is 16.0. The van der Waals surface area contributed by atoms with E-state index in [-0.39, 0.29) is 11.7 Å². The molecular formula is C26H35BrClN4O10P. The molecule has 7 atom stereocenters. The fourth-order valence-corrected chi connectivity index (χ4v) is 6.40. The van der Waals surface area contributed by atoms with E-state index in [0.29, 0.717) is 0 Å². The van der Waals surface area contributed by atoms with Crippen LogP contribution in [0.4, 0.5) is 0 Å². The first kappa shape index (κ1) is 35.0. The lowest BCUT2D eigenvalue weighted by Gasteiger charge is -2.29. The van der Waals surface area contributed by atoms with E-state index in [4.69, 9.17) is 40.6 Å². The number of aromatic amines is 1. The van der Waals surface area contributed by atoms with Crippen molar-refractivity contribution in [1.82, 2.24) is 14.6 Å². The van der Waals surface area contributed by atoms with Gasteiger partial charge < -0.3 is 24.5 Å². The van der Waals surface area contributed by atoms with Crippen molar-refractivity contribution in [3.05, 3.63) is 63.4 Å². The predicted octanol–water partition coefficient (Wildman–Crippen LogP) is 2.79. The number of hydrogen-bond acceptors (Lipinski definition) is 11. The Morgan fingerprint density at radius 3 is 2.40 bits per heavy atom. The Balaban J connectivity index is 1.94. The molecule has 1 aliphatic rings. The van der Waals surface area contributed by atoms with Gasteiger partial charge in [-0.25, -0.2) is 9.36 Å². The maximum absolute atomic E-state index is 14.0. The minimum absolute atomic E-state index is 0.158. The number of rotatable bonds is 13. The molecule has 0 saturated carbocycles. The second kappa shape index (κ2) is 14.5. The Kier molecular flexibility index (Phi) is 11.8. The second-order valence-corrected chi connectivity index (χ2v) is 14.5. The summed E-state index contributed by atoms with van der Waals surface area (Å²) in [5.74, 6) is -1.66. The molecule has 14 nitrogen and oxygen atoms in total. The largest absolute Gasteiger partial charge is 0.462 e. The van der Waals surface area contributed by atoms with Crippen molar-refractivity contribution < 1.29 is 37.4 Å². The van der Waals surface area contributed by atoms with Crippen LogP contribution in [0.15, 0.2) is 52.2 Å². The van der Waals surface area contributed by atoms with E-state index in [2.05, 4.69) is 26.0 Å². The molecular weight excluding hydrogens is 675 g/mol. The minimum atomic E-state index is -4.36. The van der Waals surface area contributed by atoms with Crippen molar-refractivity contribution in [2.75, 3.05) is 6.61 Å². The van der Waals surface area contributed by atoms with Crippen LogP contribution in [0.2, 0.25) is 0 Å². The Labute approximate surface area is 261 Å². The topological polar surface area (TPSA) is 190 Å². The smallest absolute Gasteiger partial charge is 0.459 e. The third-order valence-electron chi connectivity index (χ3n) is 6.12. The summed E-state index contributed by atoms with van der Waals surface area (Å²) in [5, 5.41) is 2.55. The van der Waals surface area contributed by atoms with Crippen LogP contribution in [0.5, 0.6) is 5.75 Å². The Morgan fingerprint density at radius 2 is 1.81 bits per heavy atom. The molecule has 1 saturated heterocycles. The van der Waals surface area contributed by atoms with E-state index >= 15 is 0 Å². The number of nitrogens with two attached hydrogens (primary N) is 1. The summed E-state index contributed by atoms with van der Waals surface area (Å²) in [5.41, 5.74) is 4.47. The van der Waals surface area contributed by atoms with Crippen molar-refractivity contribution >= 4 is 47.2 Å². The molecule has 0 spiro atoms. The van der Waals surface area contributed by atoms with Crippen LogP contribution in [-0.2, 0) is 32.9 Å². The molecule has 4 N–H and O–H groups in total. The molecule has 17 heteroatoms. The average molecular weight is 710 g/mol. The van der Waals surface area contributed by atoms with Crippen LogP contribution in [0.3, 0.4) is 0 Å². The van der Waals surface area contributed by atoms with Crippen molar-refractivity contribution in [3.8, 4) is 5.75 Å². The van der Waals surface area contributed by atoms with Gasteiger partial charge in [-0.3, -0.25) is 28.5 Å². The third kappa shape index (κ3) is 9.00. The lowest BCUT2D eigenvalue weighted by Crippen LogP contribution is -2.47. The number of esters is 2. The Bertz CT molecular complexity index is 1440. The number of aromatic nitrogens is 2. The van der Waals surface area contributed by atoms with E-state index < -0.39 is 77.9 Å². The van der Waals surface area contributed by atoms with E-state index in [1.807, 2.05) is 0 Å². The van der Waals surface area contributed by atoms with E-state index in [1.54, 1.807) is 45.9 Å². The zero-order valence-electron chi connectivity index (χ0n) is 24.1. The van der Waals surface area contributed by atoms with Crippen molar-refractivity contribution in [2.24, 2.45) is 11.7 Å². The van der Waals surface area contributed by atoms with Gasteiger partial charge in [0.05, 0.1) is 12.7 Å². The zero-order valence-corrected chi connectivity index (χ0v) is 27.3. The van der Waals surface area contributed by atoms with Crippen LogP contribution in [0, 0.1) is 5.92 Å². The van der Waals surface area contributed by atoms with Crippen LogP contribution < -0.4 is 26.6 Å². The summed E-state index contributed by atoms with van der Waals surface area (Å²) in [7, 11) is -4.36. The fraction of sp³-hybridized carbons (Fsp3) is 0.538. The number of alkyl halides is 2. The highest BCUT2D eigenvalue weighted by molar-refractivity contribution is 9.10. The summed E-state index contributed by atoms with van der Waals surface area (Å²) >= 11 is 10.1. The number of H-pyrrole nitrogens is 1. The van der Waals surface area contributed by atoms with E-state index in [1.165, 1.54) is 19.1 Å². The SMILES string of the molecule is CC(C)OC(=O)[C@@H](C)N[P@](=O)(OC[C@H]1O[C@@H](n2ccc(=O)[nH]c2=O)[C@](Cl)(Br)[C@@H]1OC(=O)[C@@H](N)C(C)C)Oc1ccccc1. The van der Waals surface area contributed by atoms with Gasteiger partial charge >= 0.3 is 25.4 Å². The first-order chi connectivity index (χ1) is 20.0. The number of carbonyl (C=O) groups is 2. The van der Waals surface area contributed by atoms with E-state index in [0.717, 1.165) is 16.8 Å². The van der Waals surface area contributed by atoms with Crippen LogP contribution in [-0.4, -0.2) is 62.3 Å². The fourth-order valence-electron chi connectivity index (χ4n) is 3.84. The molecule has 0 unspecified atom stereocenters. The molecule has 2 heterocycles. The van der Waals surface area contributed by atoms with Gasteiger partial charge in [-0.15, -0.1) is 0 Å². The highest BCUT2D eigenvalue weighted by atomic mass is 79.9. The van der Waals surface area contributed by atoms with Crippen molar-refractivity contribution in [1.29, 1.82) is 0 Å². The summed E-state index contributed by atoms with van der Waals surface area (Å²) in [6.45, 7) is 7.60. The Morgan fingerprint density at radius 1 is 1.16 bits per heavy atom. The highest BCUT2D eigenvalue weighted by Crippen LogP contribution is 2.51. The van der Waals surface area contributed by atoms with Gasteiger partial charge in [-0.1, -0.05) is 59.6 Å². The number of para-hydroxylation sites is 1. The molecule has 0 amide bonds. The standard InChI is InChI=1S/C26H35BrClN4O10P/c1-14(2)20(29)23(35)41-21-18(40-24(26(21,27)28)32-12-11-19(33)30-25(32)36)13-38-43(37,42-17-9-7-6-8-10-17)31-16(5)22(34)39-15(3)4/h6-12,14-16,18,20-21,24H,13,29H2,1-5H3,(H,31,37)(H,30,33,36)/t16-,18-,20+,21-,24-,26+,43+/m1/s1. The van der Waals surface area contributed by atoms with Crippen molar-refractivity contribution in [2.45, 2.75) is 75.0 Å². The van der Waals surface area contributed by atoms with Gasteiger partial charge in [0.15, 0.2) is 16.1 Å². The van der Waals surface area contributed by atoms with Gasteiger partial charge in [0.2, 0.25) is 0 Å². The Hall–Kier alpha value is -2.52. The predicted molar refractivity (Wildman–Crippen MR) is 160 cm³/mol. The minimum Gasteiger partial charge on any atom is -0.462 e. The number of carbonyl (C=O) groups excluding carboxylic acids is 2. The molecule has 1 aromatic carbocycles. The second-order valence-electron chi connectivity index (χ2n) is 10.4. The molecule has 43 heavy (non-hydrogen) atoms. The van der Waals surface area contributed by atoms with Crippen molar-refractivity contribution in [3.63, 3.8) is 0 Å². The van der Waals surface area contributed by atoms with Gasteiger partial charge in [-0.05, 0) is 38.8 Å². The number of ether oxygens (including phenoxy) is 3. The maximum atomic E-state index is 14.0. The average Bonchev–Trinajstić information content (AvgIpc) is 3.16. The maximum Gasteiger partial charge on any atom is 0.459 e. The molecule has 1 aromatic heterocycles. The number of nitrogens with zero attached hydrogens (tertiary/aromatic N) is 1. The lowest BCUT2D eigenvalue weighted by atomic mass is 10.1. The third-order valence-corrected chi connectivity index (χ3v) is 9.01. The van der Waals surface area contributed by atoms with Crippen LogP contribution in [0.1, 0.15) is 40.8 Å². The normalized spacial score (nSPS) is 24.7. The van der Waals surface area contributed by atoms with Crippen LogP contribution >= 0.6 is 35.3 Å². The quantitative estimate of drug-likeness (QED) is 0.157. The summed E-state index contributed by atoms with van der Waals surface area (Å²) in [6.07, 6.45) is -3.28. The van der Waals surface area contributed by atoms with Crippen LogP contribution in [0.25, 0.3) is 0 Å². The number of benzene rings is 1. The zero-order chi connectivity index (χ0) is 32.1. The molecule has 3 rings (SSSR count). The molecule has 1 fully saturated rings. The lowest BCUT2D eigenvalue weighted by molar-refractivity contribution is -0.155. The number of halogens is 2. The molecule has 0 bridgehead atoms. The molecule has 1 aliphatic heterocycles. The van der Waals surface area contributed by atoms with Gasteiger partial charge in [0.25, 0.3) is 5.56 Å². The highest BCUT2D eigenvalue weighted by Gasteiger charge is 2.59. The number of hydrogen-bond donors (Lipinski definition) is 3. The van der Waals surface area contributed by atoms with Gasteiger partial charge in [0, 0.05) is 12.3 Å². The van der Waals surface area contributed by atoms with Gasteiger partial charge in [-0.2, -0.15) is 5.09 Å². The molecule has 238 valence electrons. The molecule has 0 aliphatic carbocycles. The molecule has 0 radical (unpaired) electrons. The van der Waals surface area contributed by atoms with Gasteiger partial charge in [0.1, 0.15) is 23.9 Å². The summed E-state index contributed by atoms with van der Waals surface area (Å²) in [4.78, 5) is 51.7.